The van der Waals surface area contributed by atoms with Crippen molar-refractivity contribution in [3.8, 4) is 0 Å². The third-order valence-electron chi connectivity index (χ3n) is 7.64. The van der Waals surface area contributed by atoms with Crippen LogP contribution >= 0.6 is 0 Å². The summed E-state index contributed by atoms with van der Waals surface area (Å²) in [5.74, 6) is 0.405. The normalized spacial score (nSPS) is 24.5. The number of nitrogens with zero attached hydrogens (tertiary/aromatic N) is 2. The van der Waals surface area contributed by atoms with Crippen molar-refractivity contribution in [1.29, 1.82) is 0 Å². The smallest absolute Gasteiger partial charge is 0.221 e. The predicted molar refractivity (Wildman–Crippen MR) is 140 cm³/mol. The number of fused-ring (bicyclic) bond motifs is 4. The van der Waals surface area contributed by atoms with Crippen LogP contribution in [-0.2, 0) is 0 Å². The van der Waals surface area contributed by atoms with Gasteiger partial charge in [-0.25, -0.2) is 0 Å². The van der Waals surface area contributed by atoms with Gasteiger partial charge >= 0.3 is 0 Å². The van der Waals surface area contributed by atoms with E-state index in [-0.39, 0.29) is 0 Å². The van der Waals surface area contributed by atoms with Crippen molar-refractivity contribution in [1.82, 2.24) is 0 Å². The van der Waals surface area contributed by atoms with Gasteiger partial charge in [-0.2, -0.15) is 0 Å². The number of benzene rings is 3. The number of rotatable bonds is 2. The van der Waals surface area contributed by atoms with E-state index in [0.29, 0.717) is 24.6 Å². The van der Waals surface area contributed by atoms with Gasteiger partial charge in [-0.1, -0.05) is 90.4 Å². The summed E-state index contributed by atoms with van der Waals surface area (Å²) in [6.45, 7) is 0.386. The monoisotopic (exact) mass is 424 g/mol. The molecule has 3 aromatic rings. The summed E-state index contributed by atoms with van der Waals surface area (Å²) in [4.78, 5) is 5.16. The molecule has 2 heterocycles. The minimum Gasteiger partial charge on any atom is -0.359 e. The number of hydrogen-bond donors (Lipinski definition) is 0. The third kappa shape index (κ3) is 2.75. The molecule has 3 unspecified atom stereocenters. The maximum atomic E-state index is 2.68. The summed E-state index contributed by atoms with van der Waals surface area (Å²) in [7, 11) is 0. The largest absolute Gasteiger partial charge is 0.359 e. The Morgan fingerprint density at radius 1 is 0.727 bits per heavy atom. The molecule has 2 aliphatic heterocycles. The van der Waals surface area contributed by atoms with Crippen molar-refractivity contribution in [2.24, 2.45) is 0 Å². The van der Waals surface area contributed by atoms with Crippen LogP contribution in [0.1, 0.15) is 6.42 Å². The highest BCUT2D eigenvalue weighted by Gasteiger charge is 2.52. The molecule has 3 aromatic carbocycles. The lowest BCUT2D eigenvalue weighted by Crippen LogP contribution is -2.63. The van der Waals surface area contributed by atoms with Crippen molar-refractivity contribution >= 4 is 29.2 Å². The molecule has 3 heteroatoms. The quantitative estimate of drug-likeness (QED) is 0.463. The Bertz CT molecular complexity index is 1320. The summed E-state index contributed by atoms with van der Waals surface area (Å²) < 4.78 is 0. The Morgan fingerprint density at radius 2 is 1.42 bits per heavy atom. The molecule has 1 fully saturated rings. The van der Waals surface area contributed by atoms with E-state index in [1.807, 2.05) is 0 Å². The minimum absolute atomic E-state index is 0.342. The first-order valence-electron chi connectivity index (χ1n) is 11.9. The zero-order chi connectivity index (χ0) is 21.8. The molecule has 2 nitrogen and oxygen atoms in total. The van der Waals surface area contributed by atoms with Crippen LogP contribution in [0.25, 0.3) is 0 Å². The molecule has 158 valence electrons. The third-order valence-corrected chi connectivity index (χ3v) is 7.64. The Hall–Kier alpha value is -3.72. The molecular weight excluding hydrogens is 399 g/mol. The second-order valence-corrected chi connectivity index (χ2v) is 9.28. The fraction of sp³-hybridized carbons (Fsp3) is 0.133. The fourth-order valence-corrected chi connectivity index (χ4v) is 6.42. The van der Waals surface area contributed by atoms with Crippen LogP contribution in [0.2, 0.25) is 5.82 Å². The number of anilines is 3. The molecule has 0 amide bonds. The van der Waals surface area contributed by atoms with Gasteiger partial charge in [-0.15, -0.1) is 0 Å². The zero-order valence-electron chi connectivity index (χ0n) is 18.5. The second kappa shape index (κ2) is 7.42. The van der Waals surface area contributed by atoms with Crippen LogP contribution in [0.5, 0.6) is 0 Å². The second-order valence-electron chi connectivity index (χ2n) is 9.28. The van der Waals surface area contributed by atoms with Crippen LogP contribution in [0.15, 0.2) is 133 Å². The number of hydrogen-bond acceptors (Lipinski definition) is 2. The van der Waals surface area contributed by atoms with Crippen molar-refractivity contribution < 1.29 is 0 Å². The molecule has 0 N–H and O–H groups in total. The standard InChI is InChI=1S/C30H25BN2/c1-3-12-22(13-4-1)32-26-18-9-7-16-24(26)31-25-17-8-10-19-27(25)33(23-14-5-2-6-15-23)29-21-11-20-28(32)30(29)31/h1-20,25,27,29H,21H2. The molecule has 7 rings (SSSR count). The Labute approximate surface area is 195 Å². The summed E-state index contributed by atoms with van der Waals surface area (Å²) in [6.07, 6.45) is 15.1. The Kier molecular flexibility index (Phi) is 4.23. The van der Waals surface area contributed by atoms with E-state index in [4.69, 9.17) is 0 Å². The first-order chi connectivity index (χ1) is 16.4. The van der Waals surface area contributed by atoms with Crippen LogP contribution in [0.4, 0.5) is 17.1 Å². The SMILES string of the molecule is C1=CC2B3C4=C(C=CCC4N(c4ccccc4)C2C=C1)N(c1ccccc1)c1ccccc13. The number of allylic oxidation sites excluding steroid dienone is 3. The van der Waals surface area contributed by atoms with E-state index in [2.05, 4.69) is 131 Å². The van der Waals surface area contributed by atoms with Gasteiger partial charge in [0.2, 0.25) is 6.71 Å². The highest BCUT2D eigenvalue weighted by atomic mass is 15.2. The van der Waals surface area contributed by atoms with Crippen LogP contribution < -0.4 is 15.3 Å². The molecule has 4 aliphatic rings. The van der Waals surface area contributed by atoms with E-state index in [1.165, 1.54) is 28.2 Å². The van der Waals surface area contributed by atoms with Gasteiger partial charge in [0.05, 0.1) is 0 Å². The van der Waals surface area contributed by atoms with Crippen molar-refractivity contribution in [3.05, 3.63) is 133 Å². The lowest BCUT2D eigenvalue weighted by molar-refractivity contribution is 0.576. The summed E-state index contributed by atoms with van der Waals surface area (Å²) >= 11 is 0. The van der Waals surface area contributed by atoms with Gasteiger partial charge in [0.15, 0.2) is 0 Å². The van der Waals surface area contributed by atoms with Crippen LogP contribution in [-0.4, -0.2) is 18.8 Å². The van der Waals surface area contributed by atoms with Crippen molar-refractivity contribution in [2.75, 3.05) is 9.80 Å². The Balaban J connectivity index is 1.50. The summed E-state index contributed by atoms with van der Waals surface area (Å²) in [5, 5.41) is 0. The molecule has 3 atom stereocenters. The first-order valence-corrected chi connectivity index (χ1v) is 11.9. The molecule has 1 saturated heterocycles. The van der Waals surface area contributed by atoms with E-state index < -0.39 is 0 Å². The zero-order valence-corrected chi connectivity index (χ0v) is 18.5. The van der Waals surface area contributed by atoms with Gasteiger partial charge < -0.3 is 9.80 Å². The van der Waals surface area contributed by atoms with Crippen molar-refractivity contribution in [3.63, 3.8) is 0 Å². The highest BCUT2D eigenvalue weighted by Crippen LogP contribution is 2.49. The molecule has 0 saturated carbocycles. The molecule has 0 spiro atoms. The lowest BCUT2D eigenvalue weighted by Gasteiger charge is -2.55. The Morgan fingerprint density at radius 3 is 2.24 bits per heavy atom. The van der Waals surface area contributed by atoms with E-state index in [0.717, 1.165) is 6.42 Å². The van der Waals surface area contributed by atoms with Gasteiger partial charge in [-0.3, -0.25) is 0 Å². The topological polar surface area (TPSA) is 6.48 Å². The molecule has 33 heavy (non-hydrogen) atoms. The van der Waals surface area contributed by atoms with Crippen molar-refractivity contribution in [2.45, 2.75) is 24.3 Å². The van der Waals surface area contributed by atoms with Crippen LogP contribution in [0, 0.1) is 0 Å². The van der Waals surface area contributed by atoms with E-state index >= 15 is 0 Å². The molecule has 0 aromatic heterocycles. The number of para-hydroxylation sites is 3. The summed E-state index contributed by atoms with van der Waals surface area (Å²) in [5.41, 5.74) is 8.20. The van der Waals surface area contributed by atoms with Gasteiger partial charge in [-0.05, 0) is 54.1 Å². The average Bonchev–Trinajstić information content (AvgIpc) is 2.89. The molecule has 0 bridgehead atoms. The highest BCUT2D eigenvalue weighted by molar-refractivity contribution is 6.84. The predicted octanol–water partition coefficient (Wildman–Crippen LogP) is 6.05. The summed E-state index contributed by atoms with van der Waals surface area (Å²) in [6, 6.07) is 31.6. The first kappa shape index (κ1) is 18.8. The molecular formula is C30H25BN2. The lowest BCUT2D eigenvalue weighted by atomic mass is 9.27. The van der Waals surface area contributed by atoms with Gasteiger partial charge in [0, 0.05) is 34.8 Å². The van der Waals surface area contributed by atoms with Gasteiger partial charge in [0.25, 0.3) is 0 Å². The minimum atomic E-state index is 0.342. The van der Waals surface area contributed by atoms with Crippen LogP contribution in [0.3, 0.4) is 0 Å². The maximum absolute atomic E-state index is 2.68. The van der Waals surface area contributed by atoms with E-state index in [1.54, 1.807) is 5.47 Å². The van der Waals surface area contributed by atoms with Gasteiger partial charge in [0.1, 0.15) is 0 Å². The average molecular weight is 424 g/mol. The molecule has 2 aliphatic carbocycles. The molecule has 0 radical (unpaired) electrons. The van der Waals surface area contributed by atoms with E-state index in [9.17, 15) is 0 Å². The fourth-order valence-electron chi connectivity index (χ4n) is 6.42. The maximum Gasteiger partial charge on any atom is 0.221 e.